The molecule has 0 aliphatic rings. The standard InChI is InChI=1S/C17H14N2O2/c18-14-7-8-16(20)15(10-14)19-17(21)13-6-5-11-3-1-2-4-12(11)9-13/h1-10,20H,18H2,(H,19,21). The second-order valence-electron chi connectivity index (χ2n) is 4.79. The largest absolute Gasteiger partial charge is 0.506 e. The van der Waals surface area contributed by atoms with E-state index in [-0.39, 0.29) is 11.7 Å². The molecule has 1 amide bonds. The lowest BCUT2D eigenvalue weighted by Gasteiger charge is -2.09. The number of carbonyl (C=O) groups is 1. The number of benzene rings is 3. The Morgan fingerprint density at radius 1 is 0.952 bits per heavy atom. The van der Waals surface area contributed by atoms with Gasteiger partial charge >= 0.3 is 0 Å². The molecule has 4 heteroatoms. The molecule has 0 heterocycles. The molecule has 0 aliphatic heterocycles. The molecule has 0 radical (unpaired) electrons. The summed E-state index contributed by atoms with van der Waals surface area (Å²) in [6.07, 6.45) is 0. The number of fused-ring (bicyclic) bond motifs is 1. The van der Waals surface area contributed by atoms with E-state index in [0.717, 1.165) is 10.8 Å². The topological polar surface area (TPSA) is 75.3 Å². The van der Waals surface area contributed by atoms with Crippen LogP contribution in [0.25, 0.3) is 10.8 Å². The molecule has 4 N–H and O–H groups in total. The number of hydrogen-bond acceptors (Lipinski definition) is 3. The first-order chi connectivity index (χ1) is 10.1. The van der Waals surface area contributed by atoms with Gasteiger partial charge in [0.1, 0.15) is 5.75 Å². The molecule has 0 unspecified atom stereocenters. The number of phenolic OH excluding ortho intramolecular Hbond substituents is 1. The molecule has 3 aromatic rings. The first-order valence-electron chi connectivity index (χ1n) is 6.52. The fourth-order valence-electron chi connectivity index (χ4n) is 2.18. The molecule has 0 fully saturated rings. The molecule has 104 valence electrons. The highest BCUT2D eigenvalue weighted by Crippen LogP contribution is 2.26. The Hall–Kier alpha value is -3.01. The molecule has 21 heavy (non-hydrogen) atoms. The van der Waals surface area contributed by atoms with Gasteiger partial charge in [-0.2, -0.15) is 0 Å². The molecule has 0 bridgehead atoms. The maximum absolute atomic E-state index is 12.3. The van der Waals surface area contributed by atoms with E-state index in [2.05, 4.69) is 5.32 Å². The SMILES string of the molecule is Nc1ccc(O)c(NC(=O)c2ccc3ccccc3c2)c1. The van der Waals surface area contributed by atoms with Crippen molar-refractivity contribution in [1.82, 2.24) is 0 Å². The van der Waals surface area contributed by atoms with Gasteiger partial charge in [0, 0.05) is 11.3 Å². The summed E-state index contributed by atoms with van der Waals surface area (Å²) in [4.78, 5) is 12.3. The number of hydrogen-bond donors (Lipinski definition) is 3. The van der Waals surface area contributed by atoms with Crippen molar-refractivity contribution in [2.24, 2.45) is 0 Å². The minimum absolute atomic E-state index is 0.0154. The lowest BCUT2D eigenvalue weighted by molar-refractivity contribution is 0.102. The zero-order chi connectivity index (χ0) is 14.8. The predicted octanol–water partition coefficient (Wildman–Crippen LogP) is 3.38. The quantitative estimate of drug-likeness (QED) is 0.382. The summed E-state index contributed by atoms with van der Waals surface area (Å²) in [5.74, 6) is -0.306. The Labute approximate surface area is 121 Å². The number of anilines is 2. The molecule has 3 aromatic carbocycles. The van der Waals surface area contributed by atoms with E-state index in [1.165, 1.54) is 12.1 Å². The van der Waals surface area contributed by atoms with Gasteiger partial charge in [0.25, 0.3) is 5.91 Å². The van der Waals surface area contributed by atoms with Gasteiger partial charge in [0.2, 0.25) is 0 Å². The smallest absolute Gasteiger partial charge is 0.255 e. The van der Waals surface area contributed by atoms with Crippen LogP contribution >= 0.6 is 0 Å². The third-order valence-corrected chi connectivity index (χ3v) is 3.28. The van der Waals surface area contributed by atoms with E-state index in [1.54, 1.807) is 12.1 Å². The first-order valence-corrected chi connectivity index (χ1v) is 6.52. The third kappa shape index (κ3) is 2.65. The van der Waals surface area contributed by atoms with E-state index in [0.29, 0.717) is 16.9 Å². The van der Waals surface area contributed by atoms with Crippen molar-refractivity contribution in [1.29, 1.82) is 0 Å². The van der Waals surface area contributed by atoms with Crippen LogP contribution in [-0.4, -0.2) is 11.0 Å². The second-order valence-corrected chi connectivity index (χ2v) is 4.79. The van der Waals surface area contributed by atoms with Gasteiger partial charge in [-0.25, -0.2) is 0 Å². The predicted molar refractivity (Wildman–Crippen MR) is 84.4 cm³/mol. The van der Waals surface area contributed by atoms with Gasteiger partial charge in [-0.05, 0) is 41.1 Å². The number of aromatic hydroxyl groups is 1. The van der Waals surface area contributed by atoms with Crippen LogP contribution in [0.1, 0.15) is 10.4 Å². The van der Waals surface area contributed by atoms with Gasteiger partial charge in [-0.15, -0.1) is 0 Å². The summed E-state index contributed by atoms with van der Waals surface area (Å²) in [7, 11) is 0. The Morgan fingerprint density at radius 2 is 1.71 bits per heavy atom. The van der Waals surface area contributed by atoms with Crippen molar-refractivity contribution in [3.05, 3.63) is 66.2 Å². The zero-order valence-electron chi connectivity index (χ0n) is 11.2. The van der Waals surface area contributed by atoms with Crippen molar-refractivity contribution in [3.8, 4) is 5.75 Å². The van der Waals surface area contributed by atoms with Gasteiger partial charge in [-0.1, -0.05) is 30.3 Å². The number of carbonyl (C=O) groups excluding carboxylic acids is 1. The van der Waals surface area contributed by atoms with Crippen LogP contribution in [0.3, 0.4) is 0 Å². The van der Waals surface area contributed by atoms with Crippen molar-refractivity contribution in [2.45, 2.75) is 0 Å². The van der Waals surface area contributed by atoms with Gasteiger partial charge in [0.05, 0.1) is 5.69 Å². The number of amides is 1. The van der Waals surface area contributed by atoms with Crippen LogP contribution in [0.4, 0.5) is 11.4 Å². The zero-order valence-corrected chi connectivity index (χ0v) is 11.2. The van der Waals surface area contributed by atoms with Crippen LogP contribution in [0.5, 0.6) is 5.75 Å². The number of nitrogens with two attached hydrogens (primary N) is 1. The van der Waals surface area contributed by atoms with Crippen molar-refractivity contribution >= 4 is 28.1 Å². The summed E-state index contributed by atoms with van der Waals surface area (Å²) in [5, 5.41) is 14.5. The molecule has 0 saturated carbocycles. The lowest BCUT2D eigenvalue weighted by atomic mass is 10.1. The number of nitrogens with one attached hydrogen (secondary N) is 1. The Balaban J connectivity index is 1.91. The van der Waals surface area contributed by atoms with Crippen LogP contribution in [0.15, 0.2) is 60.7 Å². The summed E-state index contributed by atoms with van der Waals surface area (Å²) >= 11 is 0. The second kappa shape index (κ2) is 5.17. The number of rotatable bonds is 2. The summed E-state index contributed by atoms with van der Waals surface area (Å²) in [6.45, 7) is 0. The highest BCUT2D eigenvalue weighted by atomic mass is 16.3. The maximum atomic E-state index is 12.3. The van der Waals surface area contributed by atoms with E-state index in [9.17, 15) is 9.90 Å². The fraction of sp³-hybridized carbons (Fsp3) is 0. The Bertz CT molecular complexity index is 828. The third-order valence-electron chi connectivity index (χ3n) is 3.28. The Morgan fingerprint density at radius 3 is 2.52 bits per heavy atom. The molecule has 0 aromatic heterocycles. The molecule has 0 atom stereocenters. The normalized spacial score (nSPS) is 10.5. The van der Waals surface area contributed by atoms with Crippen molar-refractivity contribution in [2.75, 3.05) is 11.1 Å². The highest BCUT2D eigenvalue weighted by molar-refractivity contribution is 6.07. The van der Waals surface area contributed by atoms with Crippen molar-refractivity contribution < 1.29 is 9.90 Å². The molecule has 3 rings (SSSR count). The average Bonchev–Trinajstić information content (AvgIpc) is 2.50. The molecule has 0 aliphatic carbocycles. The summed E-state index contributed by atoms with van der Waals surface area (Å²) < 4.78 is 0. The van der Waals surface area contributed by atoms with Gasteiger partial charge < -0.3 is 16.2 Å². The molecular formula is C17H14N2O2. The van der Waals surface area contributed by atoms with E-state index in [4.69, 9.17) is 5.73 Å². The molecule has 0 spiro atoms. The minimum Gasteiger partial charge on any atom is -0.506 e. The van der Waals surface area contributed by atoms with Gasteiger partial charge in [-0.3, -0.25) is 4.79 Å². The highest BCUT2D eigenvalue weighted by Gasteiger charge is 2.09. The summed E-state index contributed by atoms with van der Waals surface area (Å²) in [6, 6.07) is 17.8. The molecular weight excluding hydrogens is 264 g/mol. The Kier molecular flexibility index (Phi) is 3.20. The number of phenols is 1. The maximum Gasteiger partial charge on any atom is 0.255 e. The van der Waals surface area contributed by atoms with Crippen molar-refractivity contribution in [3.63, 3.8) is 0 Å². The molecule has 0 saturated heterocycles. The summed E-state index contributed by atoms with van der Waals surface area (Å²) in [5.41, 5.74) is 6.95. The molecule has 4 nitrogen and oxygen atoms in total. The van der Waals surface area contributed by atoms with E-state index < -0.39 is 0 Å². The van der Waals surface area contributed by atoms with Crippen LogP contribution in [-0.2, 0) is 0 Å². The van der Waals surface area contributed by atoms with E-state index >= 15 is 0 Å². The van der Waals surface area contributed by atoms with Crippen LogP contribution < -0.4 is 11.1 Å². The van der Waals surface area contributed by atoms with E-state index in [1.807, 2.05) is 36.4 Å². The first kappa shape index (κ1) is 13.0. The number of nitrogen functional groups attached to an aromatic ring is 1. The minimum atomic E-state index is -0.290. The van der Waals surface area contributed by atoms with Crippen LogP contribution in [0, 0.1) is 0 Å². The average molecular weight is 278 g/mol. The lowest BCUT2D eigenvalue weighted by Crippen LogP contribution is -2.12. The fourth-order valence-corrected chi connectivity index (χ4v) is 2.18. The monoisotopic (exact) mass is 278 g/mol. The van der Waals surface area contributed by atoms with Gasteiger partial charge in [0.15, 0.2) is 0 Å². The van der Waals surface area contributed by atoms with Crippen LogP contribution in [0.2, 0.25) is 0 Å².